The van der Waals surface area contributed by atoms with Crippen molar-refractivity contribution in [3.8, 4) is 5.75 Å². The first-order valence-electron chi connectivity index (χ1n) is 9.98. The number of hydrogen-bond donors (Lipinski definition) is 1. The molecule has 1 atom stereocenters. The average molecular weight is 528 g/mol. The van der Waals surface area contributed by atoms with Gasteiger partial charge in [-0.25, -0.2) is 0 Å². The molecule has 1 aliphatic rings. The van der Waals surface area contributed by atoms with Crippen LogP contribution in [0, 0.1) is 0 Å². The topological polar surface area (TPSA) is 69.4 Å². The molecule has 0 bridgehead atoms. The lowest BCUT2D eigenvalue weighted by molar-refractivity contribution is 0.168. The van der Waals surface area contributed by atoms with E-state index in [0.29, 0.717) is 0 Å². The maximum atomic E-state index is 5.39. The average Bonchev–Trinajstić information content (AvgIpc) is 3.25. The molecule has 0 spiro atoms. The molecule has 0 radical (unpaired) electrons. The van der Waals surface area contributed by atoms with Crippen LogP contribution in [-0.2, 0) is 6.54 Å². The predicted octanol–water partition coefficient (Wildman–Crippen LogP) is 2.30. The molecule has 0 aliphatic carbocycles. The van der Waals surface area contributed by atoms with Gasteiger partial charge in [0.05, 0.1) is 18.8 Å². The number of halogens is 1. The number of piperazine rings is 1. The van der Waals surface area contributed by atoms with E-state index in [9.17, 15) is 0 Å². The van der Waals surface area contributed by atoms with E-state index in [-0.39, 0.29) is 30.0 Å². The minimum Gasteiger partial charge on any atom is -0.497 e. The van der Waals surface area contributed by atoms with Crippen molar-refractivity contribution < 1.29 is 9.26 Å². The highest BCUT2D eigenvalue weighted by Crippen LogP contribution is 2.22. The zero-order valence-corrected chi connectivity index (χ0v) is 20.6. The summed E-state index contributed by atoms with van der Waals surface area (Å²) in [6.07, 6.45) is 1.63. The minimum absolute atomic E-state index is 0. The number of nitrogens with one attached hydrogen (secondary N) is 1. The van der Waals surface area contributed by atoms with Gasteiger partial charge in [0.15, 0.2) is 5.96 Å². The van der Waals surface area contributed by atoms with E-state index < -0.39 is 0 Å². The first kappa shape index (κ1) is 24.4. The Kier molecular flexibility index (Phi) is 9.86. The zero-order chi connectivity index (χ0) is 20.6. The molecule has 1 aromatic carbocycles. The number of likely N-dealkylation sites (N-methyl/N-ethyl adjacent to an activating group) is 1. The van der Waals surface area contributed by atoms with E-state index >= 15 is 0 Å². The SMILES string of the molecule is CN=C(NCC(c1cccc(OC)c1)N(C)C)N1CCN(Cc2ccon2)CC1.I. The van der Waals surface area contributed by atoms with Crippen molar-refractivity contribution in [2.24, 2.45) is 4.99 Å². The maximum absolute atomic E-state index is 5.39. The fourth-order valence-electron chi connectivity index (χ4n) is 3.63. The third-order valence-corrected chi connectivity index (χ3v) is 5.32. The number of aromatic nitrogens is 1. The molecular formula is C21H33IN6O2. The molecule has 2 heterocycles. The molecule has 3 rings (SSSR count). The normalized spacial score (nSPS) is 16.3. The van der Waals surface area contributed by atoms with E-state index in [1.165, 1.54) is 5.56 Å². The number of methoxy groups -OCH3 is 1. The molecule has 1 unspecified atom stereocenters. The summed E-state index contributed by atoms with van der Waals surface area (Å²) >= 11 is 0. The smallest absolute Gasteiger partial charge is 0.193 e. The summed E-state index contributed by atoms with van der Waals surface area (Å²) in [5.74, 6) is 1.82. The molecule has 0 saturated carbocycles. The summed E-state index contributed by atoms with van der Waals surface area (Å²) < 4.78 is 10.3. The second-order valence-corrected chi connectivity index (χ2v) is 7.44. The molecule has 1 N–H and O–H groups in total. The van der Waals surface area contributed by atoms with Gasteiger partial charge in [-0.15, -0.1) is 24.0 Å². The van der Waals surface area contributed by atoms with Crippen LogP contribution in [0.3, 0.4) is 0 Å². The lowest BCUT2D eigenvalue weighted by Crippen LogP contribution is -2.53. The van der Waals surface area contributed by atoms with Crippen LogP contribution in [-0.4, -0.2) is 86.8 Å². The van der Waals surface area contributed by atoms with E-state index in [0.717, 1.165) is 56.7 Å². The molecule has 2 aromatic rings. The van der Waals surface area contributed by atoms with Crippen molar-refractivity contribution in [3.05, 3.63) is 47.9 Å². The Balaban J connectivity index is 0.00000320. The Morgan fingerprint density at radius 2 is 2.03 bits per heavy atom. The summed E-state index contributed by atoms with van der Waals surface area (Å²) in [7, 11) is 7.74. The second-order valence-electron chi connectivity index (χ2n) is 7.44. The number of hydrogen-bond acceptors (Lipinski definition) is 6. The molecular weight excluding hydrogens is 495 g/mol. The van der Waals surface area contributed by atoms with Crippen LogP contribution < -0.4 is 10.1 Å². The molecule has 9 heteroatoms. The van der Waals surface area contributed by atoms with Gasteiger partial charge in [0.2, 0.25) is 0 Å². The summed E-state index contributed by atoms with van der Waals surface area (Å²) in [5.41, 5.74) is 2.20. The van der Waals surface area contributed by atoms with Gasteiger partial charge in [-0.2, -0.15) is 0 Å². The highest BCUT2D eigenvalue weighted by atomic mass is 127. The van der Waals surface area contributed by atoms with Gasteiger partial charge in [-0.3, -0.25) is 9.89 Å². The summed E-state index contributed by atoms with van der Waals surface area (Å²) in [6.45, 7) is 5.41. The zero-order valence-electron chi connectivity index (χ0n) is 18.2. The van der Waals surface area contributed by atoms with Gasteiger partial charge in [-0.1, -0.05) is 17.3 Å². The monoisotopic (exact) mass is 528 g/mol. The number of ether oxygens (including phenoxy) is 1. The highest BCUT2D eigenvalue weighted by Gasteiger charge is 2.22. The molecule has 1 aromatic heterocycles. The molecule has 30 heavy (non-hydrogen) atoms. The van der Waals surface area contributed by atoms with Crippen molar-refractivity contribution in [2.75, 3.05) is 61.0 Å². The van der Waals surface area contributed by atoms with Crippen LogP contribution in [0.15, 0.2) is 46.1 Å². The van der Waals surface area contributed by atoms with Gasteiger partial charge in [0.25, 0.3) is 0 Å². The number of nitrogens with zero attached hydrogens (tertiary/aromatic N) is 5. The van der Waals surface area contributed by atoms with Gasteiger partial charge >= 0.3 is 0 Å². The standard InChI is InChI=1S/C21H32N6O2.HI/c1-22-21(27-11-9-26(10-12-27)16-18-8-13-29-24-18)23-15-20(25(2)3)17-6-5-7-19(14-17)28-4;/h5-8,13-14,20H,9-12,15-16H2,1-4H3,(H,22,23);1H. The van der Waals surface area contributed by atoms with E-state index in [4.69, 9.17) is 9.26 Å². The van der Waals surface area contributed by atoms with Crippen LogP contribution in [0.1, 0.15) is 17.3 Å². The number of benzene rings is 1. The lowest BCUT2D eigenvalue weighted by Gasteiger charge is -2.37. The molecule has 8 nitrogen and oxygen atoms in total. The van der Waals surface area contributed by atoms with Gasteiger partial charge < -0.3 is 24.4 Å². The fraction of sp³-hybridized carbons (Fsp3) is 0.524. The lowest BCUT2D eigenvalue weighted by atomic mass is 10.1. The molecule has 1 aliphatic heterocycles. The van der Waals surface area contributed by atoms with Gasteiger partial charge in [-0.05, 0) is 31.8 Å². The van der Waals surface area contributed by atoms with Crippen LogP contribution in [0.25, 0.3) is 0 Å². The third-order valence-electron chi connectivity index (χ3n) is 5.32. The Bertz CT molecular complexity index is 776. The molecule has 166 valence electrons. The van der Waals surface area contributed by atoms with Crippen molar-refractivity contribution in [2.45, 2.75) is 12.6 Å². The quantitative estimate of drug-likeness (QED) is 0.336. The highest BCUT2D eigenvalue weighted by molar-refractivity contribution is 14.0. The van der Waals surface area contributed by atoms with Crippen LogP contribution in [0.4, 0.5) is 0 Å². The fourth-order valence-corrected chi connectivity index (χ4v) is 3.63. The van der Waals surface area contributed by atoms with E-state index in [1.807, 2.05) is 25.2 Å². The van der Waals surface area contributed by atoms with Crippen molar-refractivity contribution >= 4 is 29.9 Å². The largest absolute Gasteiger partial charge is 0.497 e. The van der Waals surface area contributed by atoms with E-state index in [2.05, 4.69) is 56.4 Å². The van der Waals surface area contributed by atoms with Gasteiger partial charge in [0.1, 0.15) is 12.0 Å². The Morgan fingerprint density at radius 3 is 2.63 bits per heavy atom. The summed E-state index contributed by atoms with van der Waals surface area (Å²) in [4.78, 5) is 11.4. The van der Waals surface area contributed by atoms with Crippen molar-refractivity contribution in [1.82, 2.24) is 25.2 Å². The van der Waals surface area contributed by atoms with Crippen LogP contribution >= 0.6 is 24.0 Å². The van der Waals surface area contributed by atoms with E-state index in [1.54, 1.807) is 13.4 Å². The minimum atomic E-state index is 0. The maximum Gasteiger partial charge on any atom is 0.193 e. The van der Waals surface area contributed by atoms with Crippen molar-refractivity contribution in [1.29, 1.82) is 0 Å². The number of rotatable bonds is 7. The third kappa shape index (κ3) is 6.58. The first-order valence-corrected chi connectivity index (χ1v) is 9.98. The predicted molar refractivity (Wildman–Crippen MR) is 130 cm³/mol. The molecule has 1 fully saturated rings. The molecule has 1 saturated heterocycles. The molecule has 0 amide bonds. The summed E-state index contributed by atoms with van der Waals surface area (Å²) in [5, 5.41) is 7.57. The summed E-state index contributed by atoms with van der Waals surface area (Å²) in [6, 6.07) is 10.4. The van der Waals surface area contributed by atoms with Crippen LogP contribution in [0.2, 0.25) is 0 Å². The number of aliphatic imine (C=N–C) groups is 1. The number of guanidine groups is 1. The Labute approximate surface area is 196 Å². The van der Waals surface area contributed by atoms with Gasteiger partial charge in [0, 0.05) is 52.4 Å². The second kappa shape index (κ2) is 12.1. The Hall–Kier alpha value is -1.85. The van der Waals surface area contributed by atoms with Crippen molar-refractivity contribution in [3.63, 3.8) is 0 Å². The first-order chi connectivity index (χ1) is 14.1. The Morgan fingerprint density at radius 1 is 1.27 bits per heavy atom. The van der Waals surface area contributed by atoms with Crippen LogP contribution in [0.5, 0.6) is 5.75 Å².